The van der Waals surface area contributed by atoms with Crippen LogP contribution in [0.1, 0.15) is 23.6 Å². The van der Waals surface area contributed by atoms with Crippen LogP contribution in [0.25, 0.3) is 11.0 Å². The molecule has 25 heavy (non-hydrogen) atoms. The number of aromatic nitrogens is 3. The fourth-order valence-corrected chi connectivity index (χ4v) is 3.12. The van der Waals surface area contributed by atoms with Crippen LogP contribution in [0.4, 0.5) is 5.82 Å². The second-order valence-corrected chi connectivity index (χ2v) is 6.09. The van der Waals surface area contributed by atoms with E-state index in [2.05, 4.69) is 74.9 Å². The van der Waals surface area contributed by atoms with Gasteiger partial charge in [0.05, 0.1) is 11.4 Å². The van der Waals surface area contributed by atoms with Crippen molar-refractivity contribution in [1.29, 1.82) is 0 Å². The van der Waals surface area contributed by atoms with Crippen molar-refractivity contribution in [3.05, 3.63) is 90.4 Å². The number of hydrogen-bond donors (Lipinski definition) is 2. The lowest BCUT2D eigenvalue weighted by Gasteiger charge is -2.20. The molecule has 0 saturated carbocycles. The molecule has 4 aromatic rings. The van der Waals surface area contributed by atoms with E-state index in [1.807, 2.05) is 18.3 Å². The second-order valence-electron chi connectivity index (χ2n) is 6.09. The van der Waals surface area contributed by atoms with E-state index in [0.29, 0.717) is 0 Å². The quantitative estimate of drug-likeness (QED) is 0.537. The molecule has 0 radical (unpaired) electrons. The minimum atomic E-state index is 0.189. The Morgan fingerprint density at radius 3 is 2.44 bits per heavy atom. The smallest absolute Gasteiger partial charge is 0.142 e. The average molecular weight is 328 g/mol. The second kappa shape index (κ2) is 7.18. The van der Waals surface area contributed by atoms with Crippen LogP contribution in [-0.2, 0) is 6.42 Å². The maximum absolute atomic E-state index is 4.46. The molecule has 0 aliphatic carbocycles. The van der Waals surface area contributed by atoms with Gasteiger partial charge in [-0.05, 0) is 30.0 Å². The van der Waals surface area contributed by atoms with E-state index >= 15 is 0 Å². The van der Waals surface area contributed by atoms with Crippen LogP contribution >= 0.6 is 0 Å². The molecule has 0 bridgehead atoms. The van der Waals surface area contributed by atoms with Gasteiger partial charge in [-0.1, -0.05) is 60.7 Å². The van der Waals surface area contributed by atoms with Crippen molar-refractivity contribution in [3.8, 4) is 0 Å². The molecular weight excluding hydrogens is 308 g/mol. The Kier molecular flexibility index (Phi) is 4.42. The summed E-state index contributed by atoms with van der Waals surface area (Å²) in [5, 5.41) is 4.64. The number of nitrogens with one attached hydrogen (secondary N) is 2. The molecule has 2 N–H and O–H groups in total. The summed E-state index contributed by atoms with van der Waals surface area (Å²) in [6.07, 6.45) is 5.49. The highest BCUT2D eigenvalue weighted by molar-refractivity contribution is 5.86. The van der Waals surface area contributed by atoms with Crippen LogP contribution in [-0.4, -0.2) is 15.0 Å². The van der Waals surface area contributed by atoms with Crippen molar-refractivity contribution in [3.63, 3.8) is 0 Å². The number of aromatic amines is 1. The summed E-state index contributed by atoms with van der Waals surface area (Å²) in [4.78, 5) is 11.9. The Morgan fingerprint density at radius 2 is 1.64 bits per heavy atom. The van der Waals surface area contributed by atoms with Crippen molar-refractivity contribution < 1.29 is 0 Å². The summed E-state index contributed by atoms with van der Waals surface area (Å²) in [6, 6.07) is 23.3. The Bertz CT molecular complexity index is 932. The summed E-state index contributed by atoms with van der Waals surface area (Å²) in [6.45, 7) is 0. The first-order valence-corrected chi connectivity index (χ1v) is 8.53. The van der Waals surface area contributed by atoms with Crippen molar-refractivity contribution in [2.75, 3.05) is 5.32 Å². The van der Waals surface area contributed by atoms with Gasteiger partial charge in [-0.3, -0.25) is 0 Å². The summed E-state index contributed by atoms with van der Waals surface area (Å²) in [5.41, 5.74) is 3.47. The maximum atomic E-state index is 4.46. The third-order valence-corrected chi connectivity index (χ3v) is 4.43. The number of aryl methyl sites for hydroxylation is 1. The first-order chi connectivity index (χ1) is 12.4. The van der Waals surface area contributed by atoms with E-state index < -0.39 is 0 Å². The zero-order chi connectivity index (χ0) is 16.9. The van der Waals surface area contributed by atoms with Gasteiger partial charge in [-0.2, -0.15) is 0 Å². The van der Waals surface area contributed by atoms with Crippen molar-refractivity contribution >= 4 is 16.9 Å². The predicted octanol–water partition coefficient (Wildman–Crippen LogP) is 4.74. The van der Waals surface area contributed by atoms with Gasteiger partial charge < -0.3 is 10.3 Å². The molecule has 0 saturated heterocycles. The van der Waals surface area contributed by atoms with E-state index in [-0.39, 0.29) is 6.04 Å². The van der Waals surface area contributed by atoms with Gasteiger partial charge >= 0.3 is 0 Å². The Hall–Kier alpha value is -3.14. The molecule has 4 rings (SSSR count). The molecule has 2 aromatic carbocycles. The van der Waals surface area contributed by atoms with Gasteiger partial charge in [-0.15, -0.1) is 0 Å². The molecule has 1 unspecified atom stereocenters. The zero-order valence-corrected chi connectivity index (χ0v) is 13.9. The third kappa shape index (κ3) is 3.53. The fraction of sp³-hybridized carbons (Fsp3) is 0.143. The monoisotopic (exact) mass is 328 g/mol. The molecule has 1 atom stereocenters. The van der Waals surface area contributed by atoms with Gasteiger partial charge in [0.25, 0.3) is 0 Å². The molecule has 4 heteroatoms. The molecular formula is C21H20N4. The number of nitrogens with zero attached hydrogens (tertiary/aromatic N) is 2. The third-order valence-electron chi connectivity index (χ3n) is 4.43. The maximum Gasteiger partial charge on any atom is 0.142 e. The van der Waals surface area contributed by atoms with Crippen molar-refractivity contribution in [2.45, 2.75) is 18.9 Å². The molecule has 2 heterocycles. The zero-order valence-electron chi connectivity index (χ0n) is 13.9. The topological polar surface area (TPSA) is 53.6 Å². The molecule has 0 amide bonds. The fourth-order valence-electron chi connectivity index (χ4n) is 3.12. The lowest BCUT2D eigenvalue weighted by atomic mass is 9.99. The Labute approximate surface area is 147 Å². The first-order valence-electron chi connectivity index (χ1n) is 8.53. The predicted molar refractivity (Wildman–Crippen MR) is 101 cm³/mol. The van der Waals surface area contributed by atoms with Crippen LogP contribution in [0.5, 0.6) is 0 Å². The Morgan fingerprint density at radius 1 is 0.880 bits per heavy atom. The lowest BCUT2D eigenvalue weighted by Crippen LogP contribution is -2.13. The van der Waals surface area contributed by atoms with E-state index in [4.69, 9.17) is 0 Å². The largest absolute Gasteiger partial charge is 0.363 e. The Balaban J connectivity index is 1.60. The summed E-state index contributed by atoms with van der Waals surface area (Å²) in [5.74, 6) is 0.869. The number of H-pyrrole nitrogens is 1. The van der Waals surface area contributed by atoms with Crippen molar-refractivity contribution in [2.24, 2.45) is 0 Å². The van der Waals surface area contributed by atoms with Crippen LogP contribution < -0.4 is 5.32 Å². The normalized spacial score (nSPS) is 12.2. The molecule has 2 aromatic heterocycles. The highest BCUT2D eigenvalue weighted by Crippen LogP contribution is 2.26. The summed E-state index contributed by atoms with van der Waals surface area (Å²) in [7, 11) is 0. The van der Waals surface area contributed by atoms with Crippen molar-refractivity contribution in [1.82, 2.24) is 15.0 Å². The molecule has 0 fully saturated rings. The standard InChI is InChI=1S/C21H20N4/c1-3-7-16(8-4-1)11-12-19(17-9-5-2-6-10-17)25-21-18-13-14-22-20(18)23-15-24-21/h1-10,13-15,19H,11-12H2,(H2,22,23,24,25). The molecule has 0 spiro atoms. The number of benzene rings is 2. The average Bonchev–Trinajstić information content (AvgIpc) is 3.16. The van der Waals surface area contributed by atoms with E-state index in [1.165, 1.54) is 11.1 Å². The first kappa shape index (κ1) is 15.4. The molecule has 124 valence electrons. The number of fused-ring (bicyclic) bond motifs is 1. The van der Waals surface area contributed by atoms with Gasteiger partial charge in [0.2, 0.25) is 0 Å². The number of hydrogen-bond acceptors (Lipinski definition) is 3. The lowest BCUT2D eigenvalue weighted by molar-refractivity contribution is 0.690. The highest BCUT2D eigenvalue weighted by Gasteiger charge is 2.14. The van der Waals surface area contributed by atoms with Gasteiger partial charge in [0.15, 0.2) is 0 Å². The van der Waals surface area contributed by atoms with E-state index in [0.717, 1.165) is 29.7 Å². The molecule has 0 aliphatic rings. The minimum Gasteiger partial charge on any atom is -0.363 e. The van der Waals surface area contributed by atoms with Crippen LogP contribution in [0.3, 0.4) is 0 Å². The summed E-state index contributed by atoms with van der Waals surface area (Å²) >= 11 is 0. The molecule has 4 nitrogen and oxygen atoms in total. The summed E-state index contributed by atoms with van der Waals surface area (Å²) < 4.78 is 0. The molecule has 0 aliphatic heterocycles. The highest BCUT2D eigenvalue weighted by atomic mass is 15.1. The van der Waals surface area contributed by atoms with Gasteiger partial charge in [0, 0.05) is 6.20 Å². The minimum absolute atomic E-state index is 0.189. The number of rotatable bonds is 6. The van der Waals surface area contributed by atoms with Gasteiger partial charge in [-0.25, -0.2) is 9.97 Å². The van der Waals surface area contributed by atoms with Gasteiger partial charge in [0.1, 0.15) is 17.8 Å². The van der Waals surface area contributed by atoms with Crippen LogP contribution in [0, 0.1) is 0 Å². The van der Waals surface area contributed by atoms with Crippen LogP contribution in [0.15, 0.2) is 79.3 Å². The number of anilines is 1. The SMILES string of the molecule is c1ccc(CCC(Nc2ncnc3[nH]ccc23)c2ccccc2)cc1. The van der Waals surface area contributed by atoms with E-state index in [9.17, 15) is 0 Å². The van der Waals surface area contributed by atoms with Crippen LogP contribution in [0.2, 0.25) is 0 Å². The van der Waals surface area contributed by atoms with E-state index in [1.54, 1.807) is 6.33 Å².